The van der Waals surface area contributed by atoms with Crippen LogP contribution in [0.1, 0.15) is 21.6 Å². The number of alkyl halides is 7. The zero-order chi connectivity index (χ0) is 14.8. The van der Waals surface area contributed by atoms with E-state index in [9.17, 15) is 31.1 Å². The first-order valence-corrected chi connectivity index (χ1v) is 5.58. The molecule has 0 unspecified atom stereocenters. The predicted octanol–water partition coefficient (Wildman–Crippen LogP) is 3.71. The van der Waals surface area contributed by atoms with Crippen molar-refractivity contribution in [3.8, 4) is 5.88 Å². The van der Waals surface area contributed by atoms with E-state index in [1.54, 1.807) is 0 Å². The van der Waals surface area contributed by atoms with Gasteiger partial charge in [-0.25, -0.2) is 4.98 Å². The van der Waals surface area contributed by atoms with Crippen LogP contribution in [-0.4, -0.2) is 17.6 Å². The quantitative estimate of drug-likeness (QED) is 0.473. The summed E-state index contributed by atoms with van der Waals surface area (Å²) in [4.78, 5) is 13.3. The molecule has 0 aliphatic rings. The summed E-state index contributed by atoms with van der Waals surface area (Å²) in [6.07, 6.45) is -10.4. The summed E-state index contributed by atoms with van der Waals surface area (Å²) >= 11 is 2.77. The maximum absolute atomic E-state index is 12.6. The molecule has 0 saturated carbocycles. The van der Waals surface area contributed by atoms with Crippen LogP contribution in [0.2, 0.25) is 0 Å². The fourth-order valence-corrected chi connectivity index (χ4v) is 1.67. The number of carbonyl (C=O) groups is 1. The number of hydrogen-bond donors (Lipinski definition) is 0. The van der Waals surface area contributed by atoms with Crippen molar-refractivity contribution in [3.63, 3.8) is 0 Å². The molecule has 1 aromatic heterocycles. The molecule has 1 rings (SSSR count). The average molecular weight is 352 g/mol. The van der Waals surface area contributed by atoms with Crippen LogP contribution in [0.25, 0.3) is 0 Å². The zero-order valence-corrected chi connectivity index (χ0v) is 10.4. The largest absolute Gasteiger partial charge is 0.574 e. The Morgan fingerprint density at radius 2 is 1.84 bits per heavy atom. The highest BCUT2D eigenvalue weighted by Gasteiger charge is 2.39. The summed E-state index contributed by atoms with van der Waals surface area (Å²) < 4.78 is 77.0. The molecule has 19 heavy (non-hydrogen) atoms. The molecule has 106 valence electrons. The monoisotopic (exact) mass is 351 g/mol. The van der Waals surface area contributed by atoms with E-state index in [1.807, 2.05) is 0 Å². The van der Waals surface area contributed by atoms with Gasteiger partial charge in [-0.15, -0.1) is 13.2 Å². The topological polar surface area (TPSA) is 39.2 Å². The number of ether oxygens (including phenoxy) is 1. The van der Waals surface area contributed by atoms with E-state index in [0.29, 0.717) is 6.07 Å². The third-order valence-corrected chi connectivity index (χ3v) is 2.48. The number of aromatic nitrogens is 1. The van der Waals surface area contributed by atoms with Crippen molar-refractivity contribution in [2.24, 2.45) is 0 Å². The number of aldehydes is 1. The lowest BCUT2D eigenvalue weighted by atomic mass is 10.1. The predicted molar refractivity (Wildman–Crippen MR) is 53.9 cm³/mol. The fourth-order valence-electron chi connectivity index (χ4n) is 1.21. The minimum atomic E-state index is -5.18. The molecule has 0 aromatic carbocycles. The Hall–Kier alpha value is -1.32. The van der Waals surface area contributed by atoms with Gasteiger partial charge in [0.1, 0.15) is 0 Å². The third kappa shape index (κ3) is 4.08. The van der Waals surface area contributed by atoms with Crippen molar-refractivity contribution < 1.29 is 35.9 Å². The smallest absolute Gasteiger partial charge is 0.388 e. The Labute approximate surface area is 110 Å². The summed E-state index contributed by atoms with van der Waals surface area (Å²) in [7, 11) is 0. The van der Waals surface area contributed by atoms with E-state index in [4.69, 9.17) is 0 Å². The number of halogens is 7. The highest BCUT2D eigenvalue weighted by Crippen LogP contribution is 2.34. The Morgan fingerprint density at radius 3 is 2.21 bits per heavy atom. The molecule has 0 amide bonds. The molecule has 0 atom stereocenters. The van der Waals surface area contributed by atoms with Gasteiger partial charge in [0.15, 0.2) is 12.0 Å². The fraction of sp³-hybridized carbons (Fsp3) is 0.333. The molecule has 0 N–H and O–H groups in total. The average Bonchev–Trinajstić information content (AvgIpc) is 2.24. The lowest BCUT2D eigenvalue weighted by molar-refractivity contribution is -0.276. The minimum Gasteiger partial charge on any atom is -0.388 e. The Morgan fingerprint density at radius 1 is 1.26 bits per heavy atom. The van der Waals surface area contributed by atoms with Crippen molar-refractivity contribution in [1.82, 2.24) is 4.98 Å². The zero-order valence-electron chi connectivity index (χ0n) is 8.77. The highest BCUT2D eigenvalue weighted by molar-refractivity contribution is 9.08. The van der Waals surface area contributed by atoms with Gasteiger partial charge in [-0.3, -0.25) is 4.79 Å². The number of rotatable bonds is 3. The molecule has 0 fully saturated rings. The third-order valence-electron chi connectivity index (χ3n) is 1.87. The molecule has 0 radical (unpaired) electrons. The first-order chi connectivity index (χ1) is 8.58. The lowest BCUT2D eigenvalue weighted by Gasteiger charge is -2.14. The molecule has 1 aromatic rings. The Bertz CT molecular complexity index is 485. The highest BCUT2D eigenvalue weighted by atomic mass is 79.9. The molecule has 0 saturated heterocycles. The van der Waals surface area contributed by atoms with Crippen LogP contribution in [0.4, 0.5) is 26.3 Å². The van der Waals surface area contributed by atoms with Gasteiger partial charge in [0.25, 0.3) is 0 Å². The number of pyridine rings is 1. The first-order valence-electron chi connectivity index (χ1n) is 4.46. The van der Waals surface area contributed by atoms with Crippen LogP contribution in [-0.2, 0) is 11.5 Å². The van der Waals surface area contributed by atoms with Gasteiger partial charge >= 0.3 is 12.5 Å². The van der Waals surface area contributed by atoms with Gasteiger partial charge in [0.05, 0.1) is 0 Å². The molecular weight excluding hydrogens is 348 g/mol. The van der Waals surface area contributed by atoms with Crippen molar-refractivity contribution >= 4 is 22.2 Å². The summed E-state index contributed by atoms with van der Waals surface area (Å²) in [5.41, 5.74) is -2.87. The molecule has 0 bridgehead atoms. The molecule has 1 heterocycles. The molecule has 0 aliphatic heterocycles. The molecule has 3 nitrogen and oxygen atoms in total. The first kappa shape index (κ1) is 15.7. The summed E-state index contributed by atoms with van der Waals surface area (Å²) in [5.74, 6) is -1.28. The van der Waals surface area contributed by atoms with E-state index < -0.39 is 29.7 Å². The van der Waals surface area contributed by atoms with Crippen LogP contribution in [0.3, 0.4) is 0 Å². The van der Waals surface area contributed by atoms with Crippen LogP contribution >= 0.6 is 15.9 Å². The van der Waals surface area contributed by atoms with Crippen LogP contribution in [0.15, 0.2) is 6.07 Å². The van der Waals surface area contributed by atoms with Crippen LogP contribution in [0, 0.1) is 0 Å². The van der Waals surface area contributed by atoms with Gasteiger partial charge in [0.2, 0.25) is 5.88 Å². The number of hydrogen-bond acceptors (Lipinski definition) is 3. The second kappa shape index (κ2) is 5.35. The van der Waals surface area contributed by atoms with Gasteiger partial charge in [-0.05, 0) is 5.56 Å². The van der Waals surface area contributed by atoms with E-state index in [0.717, 1.165) is 0 Å². The van der Waals surface area contributed by atoms with Gasteiger partial charge in [-0.2, -0.15) is 13.2 Å². The minimum absolute atomic E-state index is 0.121. The second-order valence-corrected chi connectivity index (χ2v) is 3.74. The van der Waals surface area contributed by atoms with Crippen molar-refractivity contribution in [2.75, 3.05) is 0 Å². The molecule has 0 spiro atoms. The maximum Gasteiger partial charge on any atom is 0.574 e. The van der Waals surface area contributed by atoms with E-state index in [-0.39, 0.29) is 17.2 Å². The van der Waals surface area contributed by atoms with E-state index >= 15 is 0 Å². The lowest BCUT2D eigenvalue weighted by Crippen LogP contribution is -2.21. The van der Waals surface area contributed by atoms with E-state index in [2.05, 4.69) is 25.7 Å². The van der Waals surface area contributed by atoms with Crippen molar-refractivity contribution in [2.45, 2.75) is 17.9 Å². The molecule has 0 aliphatic carbocycles. The van der Waals surface area contributed by atoms with Crippen molar-refractivity contribution in [3.05, 3.63) is 22.9 Å². The molecular formula is C9H4BrF6NO2. The van der Waals surface area contributed by atoms with Crippen LogP contribution < -0.4 is 4.74 Å². The van der Waals surface area contributed by atoms with E-state index in [1.165, 1.54) is 0 Å². The SMILES string of the molecule is O=Cc1c(CBr)cc(OC(F)(F)F)nc1C(F)(F)F. The Balaban J connectivity index is 3.43. The second-order valence-electron chi connectivity index (χ2n) is 3.18. The summed E-state index contributed by atoms with van der Waals surface area (Å²) in [5, 5.41) is -0.263. The maximum atomic E-state index is 12.6. The normalized spacial score (nSPS) is 12.4. The van der Waals surface area contributed by atoms with Crippen molar-refractivity contribution in [1.29, 1.82) is 0 Å². The van der Waals surface area contributed by atoms with Gasteiger partial charge < -0.3 is 4.74 Å². The number of carbonyl (C=O) groups excluding carboxylic acids is 1. The van der Waals surface area contributed by atoms with Crippen LogP contribution in [0.5, 0.6) is 5.88 Å². The van der Waals surface area contributed by atoms with Gasteiger partial charge in [0, 0.05) is 17.0 Å². The summed E-state index contributed by atoms with van der Waals surface area (Å²) in [6, 6.07) is 0.612. The standard InChI is InChI=1S/C9H4BrF6NO2/c10-2-4-1-6(19-9(14,15)16)17-7(5(4)3-18)8(11,12)13/h1,3H,2H2. The van der Waals surface area contributed by atoms with Gasteiger partial charge in [-0.1, -0.05) is 15.9 Å². The Kier molecular flexibility index (Phi) is 4.43. The summed E-state index contributed by atoms with van der Waals surface area (Å²) in [6.45, 7) is 0. The molecule has 10 heteroatoms. The number of nitrogens with zero attached hydrogens (tertiary/aromatic N) is 1.